The van der Waals surface area contributed by atoms with E-state index in [9.17, 15) is 38.8 Å². The highest BCUT2D eigenvalue weighted by molar-refractivity contribution is 8.05. The Labute approximate surface area is 124 Å². The first-order valence-corrected chi connectivity index (χ1v) is 9.44. The fourth-order valence-electron chi connectivity index (χ4n) is 3.29. The van der Waals surface area contributed by atoms with Gasteiger partial charge in [0.05, 0.1) is 0 Å². The van der Waals surface area contributed by atoms with Gasteiger partial charge in [0, 0.05) is 6.42 Å². The Morgan fingerprint density at radius 1 is 0.909 bits per heavy atom. The molecule has 2 rings (SSSR count). The lowest BCUT2D eigenvalue weighted by Crippen LogP contribution is -2.48. The van der Waals surface area contributed by atoms with Crippen molar-refractivity contribution in [2.75, 3.05) is 0 Å². The molecule has 0 heterocycles. The third kappa shape index (κ3) is 3.23. The average molecular weight is 371 g/mol. The Kier molecular flexibility index (Phi) is 4.27. The molecule has 12 heteroatoms. The van der Waals surface area contributed by atoms with Crippen LogP contribution in [0.2, 0.25) is 0 Å². The molecule has 3 unspecified atom stereocenters. The van der Waals surface area contributed by atoms with Crippen molar-refractivity contribution in [1.82, 2.24) is 4.13 Å². The summed E-state index contributed by atoms with van der Waals surface area (Å²) in [6.45, 7) is 0. The van der Waals surface area contributed by atoms with Crippen LogP contribution in [-0.4, -0.2) is 27.6 Å². The van der Waals surface area contributed by atoms with Gasteiger partial charge in [-0.3, -0.25) is 0 Å². The molecule has 5 nitrogen and oxygen atoms in total. The first-order chi connectivity index (χ1) is 9.75. The molecule has 2 saturated carbocycles. The van der Waals surface area contributed by atoms with Crippen LogP contribution in [0.3, 0.4) is 0 Å². The maximum Gasteiger partial charge on any atom is 0.512 e. The highest BCUT2D eigenvalue weighted by Crippen LogP contribution is 2.52. The summed E-state index contributed by atoms with van der Waals surface area (Å²) < 4.78 is 108. The molecule has 2 aliphatic rings. The molecule has 1 N–H and O–H groups in total. The van der Waals surface area contributed by atoms with Crippen molar-refractivity contribution in [2.24, 2.45) is 17.8 Å². The van der Waals surface area contributed by atoms with E-state index in [0.717, 1.165) is 6.42 Å². The van der Waals surface area contributed by atoms with Gasteiger partial charge in [-0.25, -0.2) is 16.8 Å². The van der Waals surface area contributed by atoms with Gasteiger partial charge in [-0.15, -0.1) is 0 Å². The van der Waals surface area contributed by atoms with Gasteiger partial charge in [0.2, 0.25) is 0 Å². The van der Waals surface area contributed by atoms with Crippen molar-refractivity contribution < 1.29 is 38.8 Å². The van der Waals surface area contributed by atoms with Crippen molar-refractivity contribution in [3.05, 3.63) is 0 Å². The van der Waals surface area contributed by atoms with Crippen LogP contribution in [0, 0.1) is 17.8 Å². The van der Waals surface area contributed by atoms with Gasteiger partial charge in [-0.2, -0.15) is 22.0 Å². The molecular weight excluding hydrogens is 357 g/mol. The molecule has 0 amide bonds. The summed E-state index contributed by atoms with van der Waals surface area (Å²) in [4.78, 5) is 0. The van der Waals surface area contributed by atoms with E-state index in [1.807, 2.05) is 0 Å². The summed E-state index contributed by atoms with van der Waals surface area (Å²) in [5.41, 5.74) is -5.98. The summed E-state index contributed by atoms with van der Waals surface area (Å²) in [5.74, 6) is -0.468. The predicted molar refractivity (Wildman–Crippen MR) is 65.5 cm³/mol. The maximum atomic E-state index is 13.8. The molecule has 0 aromatic rings. The van der Waals surface area contributed by atoms with Crippen molar-refractivity contribution in [3.63, 3.8) is 0 Å². The molecule has 2 aliphatic carbocycles. The summed E-state index contributed by atoms with van der Waals surface area (Å²) >= 11 is 0. The third-order valence-electron chi connectivity index (χ3n) is 4.30. The van der Waals surface area contributed by atoms with Crippen LogP contribution in [0.4, 0.5) is 22.0 Å². The van der Waals surface area contributed by atoms with Crippen LogP contribution in [0.5, 0.6) is 0 Å². The van der Waals surface area contributed by atoms with Gasteiger partial charge in [0.15, 0.2) is 0 Å². The van der Waals surface area contributed by atoms with Crippen LogP contribution >= 0.6 is 0 Å². The van der Waals surface area contributed by atoms with Crippen LogP contribution in [0.25, 0.3) is 0 Å². The second-order valence-electron chi connectivity index (χ2n) is 5.81. The maximum absolute atomic E-state index is 13.8. The highest BCUT2D eigenvalue weighted by atomic mass is 32.3. The fraction of sp³-hybridized carbons (Fsp3) is 1.00. The summed E-state index contributed by atoms with van der Waals surface area (Å²) in [6.07, 6.45) is 1.48. The SMILES string of the molecule is O=S(=O)(NS(=O)(=O)C(F)(F)CC1CC2CCC1C2)C(F)(F)F. The standard InChI is InChI=1S/C10H14F5NO4S2/c11-9(12,5-8-4-6-1-2-7(8)3-6)21(17,18)16-22(19,20)10(13,14)15/h6-8,16H,1-5H2. The zero-order valence-electron chi connectivity index (χ0n) is 11.1. The molecule has 0 spiro atoms. The number of hydrogen-bond donors (Lipinski definition) is 1. The Morgan fingerprint density at radius 2 is 1.50 bits per heavy atom. The van der Waals surface area contributed by atoms with Crippen molar-refractivity contribution >= 4 is 20.0 Å². The quantitative estimate of drug-likeness (QED) is 0.751. The molecule has 130 valence electrons. The number of nitrogens with one attached hydrogen (secondary N) is 1. The normalized spacial score (nSPS) is 30.0. The van der Waals surface area contributed by atoms with E-state index in [0.29, 0.717) is 19.3 Å². The van der Waals surface area contributed by atoms with E-state index in [-0.39, 0.29) is 16.0 Å². The minimum absolute atomic E-state index is 0.0784. The summed E-state index contributed by atoms with van der Waals surface area (Å²) in [6, 6.07) is 0. The number of fused-ring (bicyclic) bond motifs is 2. The summed E-state index contributed by atoms with van der Waals surface area (Å²) in [7, 11) is -12.4. The zero-order chi connectivity index (χ0) is 17.0. The van der Waals surface area contributed by atoms with Crippen LogP contribution < -0.4 is 4.13 Å². The molecule has 0 aliphatic heterocycles. The fourth-order valence-corrected chi connectivity index (χ4v) is 5.75. The number of sulfonamides is 2. The van der Waals surface area contributed by atoms with Gasteiger partial charge in [-0.05, 0) is 37.0 Å². The average Bonchev–Trinajstić information content (AvgIpc) is 2.86. The number of rotatable bonds is 5. The van der Waals surface area contributed by atoms with E-state index in [2.05, 4.69) is 0 Å². The molecule has 2 bridgehead atoms. The largest absolute Gasteiger partial charge is 0.512 e. The molecule has 22 heavy (non-hydrogen) atoms. The molecule has 0 aromatic heterocycles. The van der Waals surface area contributed by atoms with Crippen LogP contribution in [0.1, 0.15) is 32.1 Å². The van der Waals surface area contributed by atoms with Crippen LogP contribution in [0.15, 0.2) is 0 Å². The summed E-state index contributed by atoms with van der Waals surface area (Å²) in [5, 5.41) is -4.58. The zero-order valence-corrected chi connectivity index (χ0v) is 12.7. The van der Waals surface area contributed by atoms with Gasteiger partial charge in [0.25, 0.3) is 10.0 Å². The van der Waals surface area contributed by atoms with Gasteiger partial charge < -0.3 is 0 Å². The van der Waals surface area contributed by atoms with Gasteiger partial charge in [0.1, 0.15) is 0 Å². The lowest BCUT2D eigenvalue weighted by atomic mass is 9.86. The topological polar surface area (TPSA) is 80.3 Å². The Bertz CT molecular complexity index is 643. The minimum Gasteiger partial charge on any atom is -0.205 e. The van der Waals surface area contributed by atoms with E-state index in [1.54, 1.807) is 0 Å². The Balaban J connectivity index is 2.14. The monoisotopic (exact) mass is 371 g/mol. The molecule has 0 radical (unpaired) electrons. The van der Waals surface area contributed by atoms with E-state index >= 15 is 0 Å². The number of hydrogen-bond acceptors (Lipinski definition) is 4. The van der Waals surface area contributed by atoms with E-state index in [1.165, 1.54) is 0 Å². The number of halogens is 5. The highest BCUT2D eigenvalue weighted by Gasteiger charge is 2.56. The van der Waals surface area contributed by atoms with E-state index in [4.69, 9.17) is 0 Å². The first-order valence-electron chi connectivity index (χ1n) is 6.47. The van der Waals surface area contributed by atoms with Crippen molar-refractivity contribution in [2.45, 2.75) is 42.9 Å². The van der Waals surface area contributed by atoms with Gasteiger partial charge >= 0.3 is 20.8 Å². The lowest BCUT2D eigenvalue weighted by molar-refractivity contribution is -0.0442. The Hall–Kier alpha value is -0.490. The second kappa shape index (κ2) is 5.26. The lowest BCUT2D eigenvalue weighted by Gasteiger charge is -2.26. The predicted octanol–water partition coefficient (Wildman–Crippen LogP) is 2.17. The Morgan fingerprint density at radius 3 is 1.91 bits per heavy atom. The van der Waals surface area contributed by atoms with Crippen molar-refractivity contribution in [1.29, 1.82) is 0 Å². The van der Waals surface area contributed by atoms with Crippen LogP contribution in [-0.2, 0) is 20.0 Å². The molecule has 0 saturated heterocycles. The smallest absolute Gasteiger partial charge is 0.205 e. The third-order valence-corrected chi connectivity index (χ3v) is 7.62. The molecule has 0 aromatic carbocycles. The molecular formula is C10H14F5NO4S2. The van der Waals surface area contributed by atoms with Gasteiger partial charge in [-0.1, -0.05) is 10.5 Å². The second-order valence-corrected chi connectivity index (χ2v) is 9.55. The number of alkyl halides is 5. The first kappa shape index (κ1) is 17.9. The minimum atomic E-state index is -6.40. The molecule has 2 fully saturated rings. The molecule has 3 atom stereocenters. The van der Waals surface area contributed by atoms with E-state index < -0.39 is 43.1 Å². The van der Waals surface area contributed by atoms with Crippen molar-refractivity contribution in [3.8, 4) is 0 Å².